The van der Waals surface area contributed by atoms with Crippen LogP contribution in [0.25, 0.3) is 27.7 Å². The molecule has 4 aromatic carbocycles. The molecular formula is C57H71ClF2N8. The smallest absolute Gasteiger partial charge is 0.164 e. The number of aromatic nitrogens is 2. The van der Waals surface area contributed by atoms with Crippen LogP contribution in [0.1, 0.15) is 117 Å². The molecule has 4 heterocycles. The summed E-state index contributed by atoms with van der Waals surface area (Å²) in [5.74, 6) is 2.45. The van der Waals surface area contributed by atoms with E-state index in [1.165, 1.54) is 93.8 Å². The number of nitrogens with zero attached hydrogens (tertiary/aromatic N) is 5. The Morgan fingerprint density at radius 1 is 0.897 bits per heavy atom. The summed E-state index contributed by atoms with van der Waals surface area (Å²) in [6.45, 7) is 19.5. The van der Waals surface area contributed by atoms with E-state index in [0.717, 1.165) is 77.8 Å². The molecule has 0 spiro atoms. The Morgan fingerprint density at radius 2 is 1.65 bits per heavy atom. The SMILES string of the molecule is C=C1CCN(c2nn(C)c3cc(C4CCN(C5CCN(CC6CC(NC)C6)CC5)CC4)ccc23)C(=C)N1.CCCc1ccc2c(c1F)-c1c(Cl)c(F)cc(Cc3ccccc3)c1C(CC)C=C2N. The Balaban J connectivity index is 0.000000173. The molecule has 4 fully saturated rings. The highest BCUT2D eigenvalue weighted by atomic mass is 35.5. The summed E-state index contributed by atoms with van der Waals surface area (Å²) in [6.07, 6.45) is 13.5. The van der Waals surface area contributed by atoms with Gasteiger partial charge in [-0.3, -0.25) is 4.68 Å². The second kappa shape index (κ2) is 20.9. The van der Waals surface area contributed by atoms with E-state index >= 15 is 8.78 Å². The molecule has 68 heavy (non-hydrogen) atoms. The van der Waals surface area contributed by atoms with Crippen LogP contribution in [0.2, 0.25) is 5.02 Å². The average Bonchev–Trinajstić information content (AvgIpc) is 3.59. The standard InChI is InChI=1S/C30H45N7.C27H26ClF2N/c1-21-7-16-37(22(2)32-21)30-28-6-5-25(19-29(28)34(4)33-30)24-8-14-36(15-9-24)27-10-12-35(13-11-27)20-23-17-26(18-23)31-3;1-3-8-18-11-12-20-22(31)15-17(4-2)23-19(13-16-9-6-5-7-10-16)14-21(29)26(28)25(23)24(20)27(18)30/h5-6,19,23-24,26-27,31-32H,1-2,7-18,20H2,3-4H3;5-7,9-12,14-15,17H,3-4,8,13,31H2,1-2H3. The maximum absolute atomic E-state index is 15.8. The molecule has 4 N–H and O–H groups in total. The molecule has 5 aliphatic rings. The number of benzene rings is 4. The highest BCUT2D eigenvalue weighted by molar-refractivity contribution is 6.34. The van der Waals surface area contributed by atoms with Crippen molar-refractivity contribution in [1.82, 2.24) is 30.2 Å². The number of hydrogen-bond donors (Lipinski definition) is 3. The van der Waals surface area contributed by atoms with Crippen LogP contribution in [0.4, 0.5) is 14.6 Å². The number of anilines is 1. The molecular weight excluding hydrogens is 870 g/mol. The second-order valence-electron chi connectivity index (χ2n) is 20.1. The number of nitrogens with one attached hydrogen (secondary N) is 2. The number of piperidine rings is 2. The number of rotatable bonds is 11. The third-order valence-corrected chi connectivity index (χ3v) is 16.1. The first-order valence-corrected chi connectivity index (χ1v) is 25.7. The van der Waals surface area contributed by atoms with Gasteiger partial charge in [-0.1, -0.05) is 99.6 Å². The van der Waals surface area contributed by atoms with E-state index in [-0.39, 0.29) is 16.8 Å². The first kappa shape index (κ1) is 48.0. The van der Waals surface area contributed by atoms with Gasteiger partial charge < -0.3 is 31.1 Å². The fourth-order valence-electron chi connectivity index (χ4n) is 11.8. The first-order chi connectivity index (χ1) is 32.9. The van der Waals surface area contributed by atoms with Crippen molar-refractivity contribution in [2.75, 3.05) is 51.2 Å². The van der Waals surface area contributed by atoms with Gasteiger partial charge in [0, 0.05) is 78.0 Å². The molecule has 3 saturated heterocycles. The van der Waals surface area contributed by atoms with Gasteiger partial charge >= 0.3 is 0 Å². The van der Waals surface area contributed by atoms with Crippen molar-refractivity contribution in [3.05, 3.63) is 148 Å². The van der Waals surface area contributed by atoms with Crippen molar-refractivity contribution in [3.8, 4) is 11.1 Å². The van der Waals surface area contributed by atoms with Gasteiger partial charge in [-0.15, -0.1) is 0 Å². The summed E-state index contributed by atoms with van der Waals surface area (Å²) in [4.78, 5) is 7.73. The molecule has 10 rings (SSSR count). The topological polar surface area (TPSA) is 77.6 Å². The lowest BCUT2D eigenvalue weighted by atomic mass is 9.79. The first-order valence-electron chi connectivity index (χ1n) is 25.3. The number of nitrogens with two attached hydrogens (primary N) is 1. The molecule has 11 heteroatoms. The Morgan fingerprint density at radius 3 is 2.34 bits per heavy atom. The highest BCUT2D eigenvalue weighted by Crippen LogP contribution is 2.48. The van der Waals surface area contributed by atoms with Crippen LogP contribution in [0.3, 0.4) is 0 Å². The van der Waals surface area contributed by atoms with E-state index in [1.807, 2.05) is 54.1 Å². The highest BCUT2D eigenvalue weighted by Gasteiger charge is 2.34. The van der Waals surface area contributed by atoms with E-state index in [9.17, 15) is 0 Å². The van der Waals surface area contributed by atoms with E-state index in [2.05, 4.69) is 77.7 Å². The zero-order valence-corrected chi connectivity index (χ0v) is 41.5. The van der Waals surface area contributed by atoms with E-state index < -0.39 is 5.82 Å². The summed E-state index contributed by atoms with van der Waals surface area (Å²) in [5.41, 5.74) is 15.3. The molecule has 1 unspecified atom stereocenters. The van der Waals surface area contributed by atoms with Crippen LogP contribution in [0, 0.1) is 17.6 Å². The molecule has 8 nitrogen and oxygen atoms in total. The summed E-state index contributed by atoms with van der Waals surface area (Å²) < 4.78 is 33.0. The largest absolute Gasteiger partial charge is 0.398 e. The van der Waals surface area contributed by atoms with Crippen molar-refractivity contribution in [3.63, 3.8) is 0 Å². The Kier molecular flexibility index (Phi) is 14.8. The lowest BCUT2D eigenvalue weighted by Crippen LogP contribution is -2.50. The van der Waals surface area contributed by atoms with Crippen molar-refractivity contribution in [2.24, 2.45) is 18.7 Å². The number of likely N-dealkylation sites (tertiary alicyclic amines) is 2. The molecule has 1 atom stereocenters. The molecule has 2 aliphatic carbocycles. The van der Waals surface area contributed by atoms with Crippen molar-refractivity contribution in [2.45, 2.75) is 108 Å². The van der Waals surface area contributed by atoms with Gasteiger partial charge in [-0.25, -0.2) is 8.78 Å². The van der Waals surface area contributed by atoms with Gasteiger partial charge in [-0.05, 0) is 149 Å². The summed E-state index contributed by atoms with van der Waals surface area (Å²) >= 11 is 6.55. The van der Waals surface area contributed by atoms with Gasteiger partial charge in [0.1, 0.15) is 17.5 Å². The Labute approximate surface area is 408 Å². The van der Waals surface area contributed by atoms with Crippen molar-refractivity contribution in [1.29, 1.82) is 0 Å². The predicted octanol–water partition coefficient (Wildman–Crippen LogP) is 11.6. The Hall–Kier alpha value is -5.00. The molecule has 5 aromatic rings. The number of halogens is 3. The van der Waals surface area contributed by atoms with Crippen molar-refractivity contribution >= 4 is 34.0 Å². The van der Waals surface area contributed by atoms with Crippen molar-refractivity contribution < 1.29 is 8.78 Å². The molecule has 1 saturated carbocycles. The van der Waals surface area contributed by atoms with Crippen LogP contribution in [0.15, 0.2) is 97.5 Å². The number of fused-ring (bicyclic) bond motifs is 4. The minimum absolute atomic E-state index is 0.0397. The monoisotopic (exact) mass is 941 g/mol. The zero-order chi connectivity index (χ0) is 47.6. The second-order valence-corrected chi connectivity index (χ2v) is 20.5. The van der Waals surface area contributed by atoms with Gasteiger partial charge in [-0.2, -0.15) is 5.10 Å². The molecule has 1 aromatic heterocycles. The lowest BCUT2D eigenvalue weighted by molar-refractivity contribution is 0.0677. The van der Waals surface area contributed by atoms with Gasteiger partial charge in [0.15, 0.2) is 5.82 Å². The fourth-order valence-corrected chi connectivity index (χ4v) is 12.1. The fraction of sp³-hybridized carbons (Fsp3) is 0.456. The van der Waals surface area contributed by atoms with Crippen LogP contribution < -0.4 is 21.3 Å². The molecule has 0 amide bonds. The van der Waals surface area contributed by atoms with Crippen LogP contribution >= 0.6 is 11.6 Å². The third kappa shape index (κ3) is 9.89. The molecule has 0 radical (unpaired) electrons. The van der Waals surface area contributed by atoms with Crippen LogP contribution in [-0.4, -0.2) is 78.0 Å². The van der Waals surface area contributed by atoms with E-state index in [1.54, 1.807) is 6.07 Å². The maximum Gasteiger partial charge on any atom is 0.164 e. The molecule has 360 valence electrons. The number of hydrogen-bond acceptors (Lipinski definition) is 7. The number of allylic oxidation sites excluding steroid dienone is 1. The van der Waals surface area contributed by atoms with Crippen LogP contribution in [0.5, 0.6) is 0 Å². The number of aryl methyl sites for hydroxylation is 2. The van der Waals surface area contributed by atoms with Gasteiger partial charge in [0.05, 0.1) is 10.5 Å². The predicted molar refractivity (Wildman–Crippen MR) is 278 cm³/mol. The normalized spacial score (nSPS) is 21.6. The van der Waals surface area contributed by atoms with E-state index in [0.29, 0.717) is 46.7 Å². The Bertz CT molecular complexity index is 2650. The van der Waals surface area contributed by atoms with Gasteiger partial charge in [0.2, 0.25) is 0 Å². The third-order valence-electron chi connectivity index (χ3n) is 15.7. The minimum atomic E-state index is -0.534. The molecule has 3 aliphatic heterocycles. The maximum atomic E-state index is 15.8. The van der Waals surface area contributed by atoms with E-state index in [4.69, 9.17) is 22.4 Å². The molecule has 0 bridgehead atoms. The van der Waals surface area contributed by atoms with Gasteiger partial charge in [0.25, 0.3) is 0 Å². The quantitative estimate of drug-likeness (QED) is 0.122. The lowest BCUT2D eigenvalue weighted by Gasteiger charge is -2.44. The minimum Gasteiger partial charge on any atom is -0.398 e. The summed E-state index contributed by atoms with van der Waals surface area (Å²) in [5, 5.41) is 12.8. The average molecular weight is 942 g/mol. The summed E-state index contributed by atoms with van der Waals surface area (Å²) in [6, 6.07) is 23.6. The summed E-state index contributed by atoms with van der Waals surface area (Å²) in [7, 11) is 4.17. The van der Waals surface area contributed by atoms with Crippen LogP contribution in [-0.2, 0) is 19.9 Å². The zero-order valence-electron chi connectivity index (χ0n) is 40.7.